The minimum Gasteiger partial charge on any atom is -0.459 e. The van der Waals surface area contributed by atoms with E-state index in [0.29, 0.717) is 18.3 Å². The summed E-state index contributed by atoms with van der Waals surface area (Å²) in [6, 6.07) is 0. The fourth-order valence-corrected chi connectivity index (χ4v) is 7.20. The Bertz CT molecular complexity index is 589. The van der Waals surface area contributed by atoms with Crippen molar-refractivity contribution in [2.24, 2.45) is 28.1 Å². The van der Waals surface area contributed by atoms with Gasteiger partial charge in [0, 0.05) is 6.42 Å². The van der Waals surface area contributed by atoms with Gasteiger partial charge < -0.3 is 9.84 Å². The number of aliphatic hydroxyl groups is 1. The van der Waals surface area contributed by atoms with Gasteiger partial charge in [-0.05, 0) is 81.0 Å². The second-order valence-corrected chi connectivity index (χ2v) is 12.1. The molecular formula is C25H44O3. The molecule has 4 fully saturated rings. The largest absolute Gasteiger partial charge is 0.459 e. The normalized spacial score (nSPS) is 37.0. The van der Waals surface area contributed by atoms with Crippen LogP contribution in [-0.2, 0) is 9.53 Å². The van der Waals surface area contributed by atoms with Gasteiger partial charge in [-0.3, -0.25) is 4.79 Å². The lowest BCUT2D eigenvalue weighted by Crippen LogP contribution is -2.61. The first kappa shape index (κ1) is 22.1. The zero-order valence-corrected chi connectivity index (χ0v) is 19.5. The van der Waals surface area contributed by atoms with Crippen molar-refractivity contribution >= 4 is 5.97 Å². The molecule has 0 radical (unpaired) electrons. The molecule has 4 aliphatic carbocycles. The van der Waals surface area contributed by atoms with Crippen molar-refractivity contribution in [2.75, 3.05) is 0 Å². The van der Waals surface area contributed by atoms with Crippen molar-refractivity contribution in [1.29, 1.82) is 0 Å². The van der Waals surface area contributed by atoms with Crippen LogP contribution in [0, 0.1) is 28.1 Å². The van der Waals surface area contributed by atoms with Crippen LogP contribution in [0.25, 0.3) is 0 Å². The summed E-state index contributed by atoms with van der Waals surface area (Å²) in [6.45, 7) is 15.6. The highest BCUT2D eigenvalue weighted by Crippen LogP contribution is 2.60. The summed E-state index contributed by atoms with van der Waals surface area (Å²) in [5.74, 6) is 1.05. The average Bonchev–Trinajstić information content (AvgIpc) is 2.57. The molecular weight excluding hydrogens is 348 g/mol. The smallest absolute Gasteiger partial charge is 0.312 e. The van der Waals surface area contributed by atoms with Crippen molar-refractivity contribution in [3.8, 4) is 0 Å². The third-order valence-electron chi connectivity index (χ3n) is 9.42. The third-order valence-corrected chi connectivity index (χ3v) is 9.42. The highest BCUT2D eigenvalue weighted by molar-refractivity contribution is 5.78. The Kier molecular flexibility index (Phi) is 5.53. The maximum atomic E-state index is 13.9. The molecule has 0 aromatic rings. The molecule has 162 valence electrons. The topological polar surface area (TPSA) is 46.5 Å². The fourth-order valence-electron chi connectivity index (χ4n) is 7.20. The molecule has 0 aliphatic heterocycles. The van der Waals surface area contributed by atoms with Crippen LogP contribution in [0.3, 0.4) is 0 Å². The molecule has 4 rings (SSSR count). The number of hydrogen-bond acceptors (Lipinski definition) is 3. The van der Waals surface area contributed by atoms with E-state index in [9.17, 15) is 9.90 Å². The SMILES string of the molecule is CCC(C)(C)CC(C)(C(=O)OC12CC3CC(CC(O)(C3)C1)C2)C(C)(CC)CC. The van der Waals surface area contributed by atoms with Crippen LogP contribution >= 0.6 is 0 Å². The Balaban J connectivity index is 1.90. The summed E-state index contributed by atoms with van der Waals surface area (Å²) < 4.78 is 6.52. The molecule has 3 unspecified atom stereocenters. The molecule has 3 nitrogen and oxygen atoms in total. The van der Waals surface area contributed by atoms with Gasteiger partial charge >= 0.3 is 5.97 Å². The summed E-state index contributed by atoms with van der Waals surface area (Å²) in [6.07, 6.45) is 9.43. The van der Waals surface area contributed by atoms with Crippen LogP contribution < -0.4 is 0 Å². The highest BCUT2D eigenvalue weighted by atomic mass is 16.6. The van der Waals surface area contributed by atoms with Gasteiger partial charge in [-0.1, -0.05) is 48.0 Å². The van der Waals surface area contributed by atoms with Crippen LogP contribution in [-0.4, -0.2) is 22.3 Å². The Labute approximate surface area is 173 Å². The predicted octanol–water partition coefficient (Wildman–Crippen LogP) is 6.27. The van der Waals surface area contributed by atoms with E-state index < -0.39 is 16.6 Å². The predicted molar refractivity (Wildman–Crippen MR) is 114 cm³/mol. The van der Waals surface area contributed by atoms with Crippen LogP contribution in [0.1, 0.15) is 113 Å². The van der Waals surface area contributed by atoms with E-state index >= 15 is 0 Å². The van der Waals surface area contributed by atoms with Crippen LogP contribution in [0.15, 0.2) is 0 Å². The lowest BCUT2D eigenvalue weighted by Gasteiger charge is -2.60. The summed E-state index contributed by atoms with van der Waals surface area (Å²) >= 11 is 0. The number of rotatable bonds is 8. The summed E-state index contributed by atoms with van der Waals surface area (Å²) in [4.78, 5) is 13.9. The van der Waals surface area contributed by atoms with E-state index in [1.165, 1.54) is 6.42 Å². The van der Waals surface area contributed by atoms with E-state index in [1.54, 1.807) is 0 Å². The van der Waals surface area contributed by atoms with Gasteiger partial charge in [0.25, 0.3) is 0 Å². The third kappa shape index (κ3) is 3.66. The number of ether oxygens (including phenoxy) is 1. The Morgan fingerprint density at radius 2 is 1.50 bits per heavy atom. The van der Waals surface area contributed by atoms with Gasteiger partial charge in [0.05, 0.1) is 11.0 Å². The minimum atomic E-state index is -0.595. The molecule has 4 aliphatic rings. The molecule has 28 heavy (non-hydrogen) atoms. The fraction of sp³-hybridized carbons (Fsp3) is 0.960. The molecule has 3 atom stereocenters. The lowest BCUT2D eigenvalue weighted by molar-refractivity contribution is -0.231. The quantitative estimate of drug-likeness (QED) is 0.495. The van der Waals surface area contributed by atoms with Gasteiger partial charge in [-0.25, -0.2) is 0 Å². The molecule has 0 aromatic heterocycles. The van der Waals surface area contributed by atoms with E-state index in [4.69, 9.17) is 4.74 Å². The number of carbonyl (C=O) groups is 1. The van der Waals surface area contributed by atoms with Gasteiger partial charge in [-0.15, -0.1) is 0 Å². The maximum Gasteiger partial charge on any atom is 0.312 e. The molecule has 1 N–H and O–H groups in total. The average molecular weight is 393 g/mol. The maximum absolute atomic E-state index is 13.9. The van der Waals surface area contributed by atoms with Crippen molar-refractivity contribution in [3.63, 3.8) is 0 Å². The standard InChI is InChI=1S/C25H44O3/c1-8-21(4,5)16-23(7,22(6,9-2)10-3)20(26)28-25-14-18-11-19(15-25)13-24(27,12-18)17-25/h18-19,27H,8-17H2,1-7H3. The molecule has 0 heterocycles. The van der Waals surface area contributed by atoms with Crippen LogP contribution in [0.4, 0.5) is 0 Å². The molecule has 0 aromatic carbocycles. The van der Waals surface area contributed by atoms with E-state index in [0.717, 1.165) is 51.4 Å². The summed E-state index contributed by atoms with van der Waals surface area (Å²) in [5, 5.41) is 11.1. The molecule has 4 saturated carbocycles. The molecule has 3 heteroatoms. The molecule has 4 bridgehead atoms. The summed E-state index contributed by atoms with van der Waals surface area (Å²) in [5.41, 5.74) is -1.52. The Hall–Kier alpha value is -0.570. The molecule has 0 spiro atoms. The Morgan fingerprint density at radius 3 is 1.93 bits per heavy atom. The van der Waals surface area contributed by atoms with Crippen LogP contribution in [0.2, 0.25) is 0 Å². The van der Waals surface area contributed by atoms with Crippen molar-refractivity contribution < 1.29 is 14.6 Å². The van der Waals surface area contributed by atoms with Crippen molar-refractivity contribution in [3.05, 3.63) is 0 Å². The van der Waals surface area contributed by atoms with Crippen molar-refractivity contribution in [2.45, 2.75) is 124 Å². The van der Waals surface area contributed by atoms with Crippen molar-refractivity contribution in [1.82, 2.24) is 0 Å². The second-order valence-electron chi connectivity index (χ2n) is 12.1. The Morgan fingerprint density at radius 1 is 0.964 bits per heavy atom. The molecule has 0 amide bonds. The summed E-state index contributed by atoms with van der Waals surface area (Å²) in [7, 11) is 0. The van der Waals surface area contributed by atoms with Crippen LogP contribution in [0.5, 0.6) is 0 Å². The van der Waals surface area contributed by atoms with E-state index in [-0.39, 0.29) is 16.8 Å². The first-order valence-electron chi connectivity index (χ1n) is 11.8. The van der Waals surface area contributed by atoms with E-state index in [1.807, 2.05) is 0 Å². The van der Waals surface area contributed by atoms with Gasteiger partial charge in [0.15, 0.2) is 0 Å². The zero-order valence-electron chi connectivity index (χ0n) is 19.5. The van der Waals surface area contributed by atoms with Gasteiger partial charge in [0.2, 0.25) is 0 Å². The number of carbonyl (C=O) groups excluding carboxylic acids is 1. The number of hydrogen-bond donors (Lipinski definition) is 1. The zero-order chi connectivity index (χ0) is 21.0. The van der Waals surface area contributed by atoms with Gasteiger partial charge in [0.1, 0.15) is 5.60 Å². The van der Waals surface area contributed by atoms with Gasteiger partial charge in [-0.2, -0.15) is 0 Å². The first-order valence-corrected chi connectivity index (χ1v) is 11.8. The number of esters is 1. The van der Waals surface area contributed by atoms with E-state index in [2.05, 4.69) is 48.5 Å². The second kappa shape index (κ2) is 7.00. The first-order chi connectivity index (χ1) is 12.8. The molecule has 0 saturated heterocycles. The minimum absolute atomic E-state index is 0.00854. The highest BCUT2D eigenvalue weighted by Gasteiger charge is 2.61. The lowest BCUT2D eigenvalue weighted by atomic mass is 9.52. The monoisotopic (exact) mass is 392 g/mol.